The molecule has 2 heterocycles. The molecule has 37 heavy (non-hydrogen) atoms. The lowest BCUT2D eigenvalue weighted by Gasteiger charge is -2.36. The lowest BCUT2D eigenvalue weighted by Crippen LogP contribution is -2.48. The minimum atomic E-state index is -0.0310. The van der Waals surface area contributed by atoms with Gasteiger partial charge in [0, 0.05) is 54.9 Å². The molecule has 2 amide bonds. The fraction of sp³-hybridized carbons (Fsp3) is 0.233. The third-order valence-electron chi connectivity index (χ3n) is 6.74. The van der Waals surface area contributed by atoms with Gasteiger partial charge in [0.05, 0.1) is 23.9 Å². The third-order valence-corrected chi connectivity index (χ3v) is 6.74. The van der Waals surface area contributed by atoms with E-state index in [0.717, 1.165) is 52.4 Å². The first-order valence-corrected chi connectivity index (χ1v) is 12.5. The van der Waals surface area contributed by atoms with Gasteiger partial charge in [-0.05, 0) is 48.5 Å². The zero-order chi connectivity index (χ0) is 25.8. The predicted molar refractivity (Wildman–Crippen MR) is 147 cm³/mol. The largest absolute Gasteiger partial charge is 0.497 e. The highest BCUT2D eigenvalue weighted by Gasteiger charge is 2.24. The summed E-state index contributed by atoms with van der Waals surface area (Å²) in [7, 11) is 1.66. The molecule has 1 aliphatic rings. The van der Waals surface area contributed by atoms with E-state index in [9.17, 15) is 9.59 Å². The van der Waals surface area contributed by atoms with Crippen LogP contribution < -0.4 is 15.0 Å². The number of piperazine rings is 1. The van der Waals surface area contributed by atoms with Gasteiger partial charge in [-0.3, -0.25) is 9.59 Å². The van der Waals surface area contributed by atoms with Crippen LogP contribution in [0.15, 0.2) is 78.9 Å². The van der Waals surface area contributed by atoms with E-state index >= 15 is 0 Å². The van der Waals surface area contributed by atoms with Gasteiger partial charge in [-0.2, -0.15) is 0 Å². The van der Waals surface area contributed by atoms with Crippen molar-refractivity contribution in [1.82, 2.24) is 9.88 Å². The molecule has 0 unspecified atom stereocenters. The number of pyridine rings is 1. The van der Waals surface area contributed by atoms with Crippen LogP contribution in [0.2, 0.25) is 0 Å². The van der Waals surface area contributed by atoms with Crippen molar-refractivity contribution in [3.05, 3.63) is 84.4 Å². The number of fused-ring (bicyclic) bond motifs is 1. The summed E-state index contributed by atoms with van der Waals surface area (Å²) in [5.74, 6) is 0.816. The molecule has 5 rings (SSSR count). The van der Waals surface area contributed by atoms with Gasteiger partial charge in [0.2, 0.25) is 5.91 Å². The molecule has 4 aromatic rings. The third kappa shape index (κ3) is 5.26. The number of benzene rings is 3. The van der Waals surface area contributed by atoms with E-state index in [1.807, 2.05) is 78.6 Å². The maximum Gasteiger partial charge on any atom is 0.254 e. The highest BCUT2D eigenvalue weighted by molar-refractivity contribution is 6.07. The van der Waals surface area contributed by atoms with Crippen molar-refractivity contribution in [3.8, 4) is 17.0 Å². The zero-order valence-corrected chi connectivity index (χ0v) is 21.1. The van der Waals surface area contributed by atoms with Gasteiger partial charge in [0.15, 0.2) is 0 Å². The van der Waals surface area contributed by atoms with Gasteiger partial charge in [0.25, 0.3) is 5.91 Å². The van der Waals surface area contributed by atoms with Crippen LogP contribution >= 0.6 is 0 Å². The van der Waals surface area contributed by atoms with Crippen LogP contribution in [0.5, 0.6) is 5.75 Å². The molecule has 0 bridgehead atoms. The smallest absolute Gasteiger partial charge is 0.254 e. The number of anilines is 2. The van der Waals surface area contributed by atoms with Crippen LogP contribution in [-0.4, -0.2) is 55.0 Å². The van der Waals surface area contributed by atoms with E-state index in [4.69, 9.17) is 9.72 Å². The normalized spacial score (nSPS) is 13.5. The van der Waals surface area contributed by atoms with Crippen molar-refractivity contribution in [3.63, 3.8) is 0 Å². The molecule has 1 fully saturated rings. The van der Waals surface area contributed by atoms with E-state index in [-0.39, 0.29) is 11.8 Å². The fourth-order valence-electron chi connectivity index (χ4n) is 4.61. The minimum absolute atomic E-state index is 0.0149. The molecular weight excluding hydrogens is 464 g/mol. The number of rotatable bonds is 6. The van der Waals surface area contributed by atoms with Crippen LogP contribution in [0.25, 0.3) is 22.2 Å². The molecule has 7 heteroatoms. The van der Waals surface area contributed by atoms with Crippen molar-refractivity contribution in [2.75, 3.05) is 43.5 Å². The van der Waals surface area contributed by atoms with Gasteiger partial charge in [-0.25, -0.2) is 4.98 Å². The van der Waals surface area contributed by atoms with E-state index in [0.29, 0.717) is 25.1 Å². The Kier molecular flexibility index (Phi) is 7.03. The molecule has 1 aromatic heterocycles. The SMILES string of the molecule is CCC(=O)Nc1ccc(-c2cc(C(=O)N3CCN(c4ccc(OC)cc4)CC3)c3ccccc3n2)cc1. The first-order chi connectivity index (χ1) is 18.1. The maximum atomic E-state index is 13.7. The van der Waals surface area contributed by atoms with Crippen molar-refractivity contribution in [2.45, 2.75) is 13.3 Å². The molecule has 0 radical (unpaired) electrons. The summed E-state index contributed by atoms with van der Waals surface area (Å²) in [5, 5.41) is 3.71. The highest BCUT2D eigenvalue weighted by Crippen LogP contribution is 2.28. The topological polar surface area (TPSA) is 74.8 Å². The Labute approximate surface area is 216 Å². The molecule has 188 valence electrons. The van der Waals surface area contributed by atoms with Crippen LogP contribution in [-0.2, 0) is 4.79 Å². The number of para-hydroxylation sites is 1. The van der Waals surface area contributed by atoms with Crippen molar-refractivity contribution in [2.24, 2.45) is 0 Å². The van der Waals surface area contributed by atoms with Gasteiger partial charge in [-0.15, -0.1) is 0 Å². The van der Waals surface area contributed by atoms with E-state index in [1.54, 1.807) is 7.11 Å². The van der Waals surface area contributed by atoms with Crippen molar-refractivity contribution < 1.29 is 14.3 Å². The Bertz CT molecular complexity index is 1410. The number of hydrogen-bond donors (Lipinski definition) is 1. The molecule has 0 aliphatic carbocycles. The number of carbonyl (C=O) groups is 2. The molecule has 0 saturated carbocycles. The summed E-state index contributed by atoms with van der Waals surface area (Å²) in [6, 6.07) is 25.2. The zero-order valence-electron chi connectivity index (χ0n) is 21.1. The number of nitrogens with zero attached hydrogens (tertiary/aromatic N) is 3. The average Bonchev–Trinajstić information content (AvgIpc) is 2.96. The number of methoxy groups -OCH3 is 1. The Morgan fingerprint density at radius 3 is 2.30 bits per heavy atom. The summed E-state index contributed by atoms with van der Waals surface area (Å²) in [5.41, 5.74) is 4.92. The summed E-state index contributed by atoms with van der Waals surface area (Å²) in [6.45, 7) is 4.63. The van der Waals surface area contributed by atoms with E-state index in [1.165, 1.54) is 0 Å². The van der Waals surface area contributed by atoms with E-state index in [2.05, 4.69) is 22.3 Å². The predicted octanol–water partition coefficient (Wildman–Crippen LogP) is 5.22. The maximum absolute atomic E-state index is 13.7. The number of amides is 2. The lowest BCUT2D eigenvalue weighted by atomic mass is 10.0. The number of carbonyl (C=O) groups excluding carboxylic acids is 2. The second-order valence-electron chi connectivity index (χ2n) is 9.03. The number of ether oxygens (including phenoxy) is 1. The molecular formula is C30H30N4O3. The first kappa shape index (κ1) is 24.3. The first-order valence-electron chi connectivity index (χ1n) is 12.5. The molecule has 7 nitrogen and oxygen atoms in total. The Balaban J connectivity index is 1.38. The van der Waals surface area contributed by atoms with E-state index < -0.39 is 0 Å². The summed E-state index contributed by atoms with van der Waals surface area (Å²) >= 11 is 0. The van der Waals surface area contributed by atoms with Crippen LogP contribution in [0.1, 0.15) is 23.7 Å². The summed E-state index contributed by atoms with van der Waals surface area (Å²) in [6.07, 6.45) is 0.424. The van der Waals surface area contributed by atoms with Crippen LogP contribution in [0.4, 0.5) is 11.4 Å². The Morgan fingerprint density at radius 2 is 1.62 bits per heavy atom. The Morgan fingerprint density at radius 1 is 0.919 bits per heavy atom. The summed E-state index contributed by atoms with van der Waals surface area (Å²) < 4.78 is 5.26. The number of nitrogens with one attached hydrogen (secondary N) is 1. The van der Waals surface area contributed by atoms with Crippen LogP contribution in [0, 0.1) is 0 Å². The van der Waals surface area contributed by atoms with Gasteiger partial charge < -0.3 is 19.9 Å². The van der Waals surface area contributed by atoms with Crippen molar-refractivity contribution in [1.29, 1.82) is 0 Å². The number of hydrogen-bond acceptors (Lipinski definition) is 5. The second kappa shape index (κ2) is 10.7. The standard InChI is InChI=1S/C30H30N4O3/c1-3-29(35)31-22-10-8-21(9-11-22)28-20-26(25-6-4-5-7-27(25)32-28)30(36)34-18-16-33(17-19-34)23-12-14-24(37-2)15-13-23/h4-15,20H,3,16-19H2,1-2H3,(H,31,35). The van der Waals surface area contributed by atoms with Crippen molar-refractivity contribution >= 4 is 34.1 Å². The molecule has 0 spiro atoms. The van der Waals surface area contributed by atoms with Gasteiger partial charge >= 0.3 is 0 Å². The Hall–Kier alpha value is -4.39. The highest BCUT2D eigenvalue weighted by atomic mass is 16.5. The van der Waals surface area contributed by atoms with Gasteiger partial charge in [-0.1, -0.05) is 37.3 Å². The average molecular weight is 495 g/mol. The van der Waals surface area contributed by atoms with Crippen LogP contribution in [0.3, 0.4) is 0 Å². The second-order valence-corrected chi connectivity index (χ2v) is 9.03. The lowest BCUT2D eigenvalue weighted by molar-refractivity contribution is -0.115. The molecule has 1 aliphatic heterocycles. The quantitative estimate of drug-likeness (QED) is 0.398. The molecule has 0 atom stereocenters. The van der Waals surface area contributed by atoms with Gasteiger partial charge in [0.1, 0.15) is 5.75 Å². The minimum Gasteiger partial charge on any atom is -0.497 e. The molecule has 1 saturated heterocycles. The fourth-order valence-corrected chi connectivity index (χ4v) is 4.61. The summed E-state index contributed by atoms with van der Waals surface area (Å²) in [4.78, 5) is 34.5. The number of aromatic nitrogens is 1. The molecule has 3 aromatic carbocycles. The molecule has 1 N–H and O–H groups in total. The monoisotopic (exact) mass is 494 g/mol.